The van der Waals surface area contributed by atoms with E-state index in [1.807, 2.05) is 0 Å². The minimum atomic E-state index is -0.311. The van der Waals surface area contributed by atoms with Crippen molar-refractivity contribution in [3.8, 4) is 0 Å². The molecule has 0 bridgehead atoms. The van der Waals surface area contributed by atoms with Crippen LogP contribution in [0.1, 0.15) is 132 Å². The molecule has 0 aromatic carbocycles. The van der Waals surface area contributed by atoms with Gasteiger partial charge in [-0.05, 0) is 136 Å². The predicted molar refractivity (Wildman–Crippen MR) is 183 cm³/mol. The Morgan fingerprint density at radius 1 is 0.809 bits per heavy atom. The van der Waals surface area contributed by atoms with Crippen LogP contribution in [0.25, 0.3) is 0 Å². The number of rotatable bonds is 2. The molecule has 8 fully saturated rings. The van der Waals surface area contributed by atoms with Crippen molar-refractivity contribution in [3.63, 3.8) is 0 Å². The molecular weight excluding hydrogens is 584 g/mol. The Labute approximate surface area is 286 Å². The van der Waals surface area contributed by atoms with Crippen LogP contribution in [0.2, 0.25) is 0 Å². The Kier molecular flexibility index (Phi) is 7.96. The molecule has 9 rings (SSSR count). The fraction of sp³-hybridized carbons (Fsp3) is 0.952. The molecule has 5 heteroatoms. The first-order valence-electron chi connectivity index (χ1n) is 20.5. The van der Waals surface area contributed by atoms with Gasteiger partial charge < -0.3 is 23.7 Å². The molecular formula is C42H66O5. The van der Waals surface area contributed by atoms with Crippen molar-refractivity contribution < 1.29 is 23.7 Å². The zero-order valence-corrected chi connectivity index (χ0v) is 30.8. The van der Waals surface area contributed by atoms with E-state index in [0.29, 0.717) is 52.4 Å². The van der Waals surface area contributed by atoms with Gasteiger partial charge in [0, 0.05) is 24.2 Å². The third-order valence-electron chi connectivity index (χ3n) is 17.3. The van der Waals surface area contributed by atoms with E-state index >= 15 is 0 Å². The standard InChI is InChI=1S/C42H66O5/c1-23-14-19-42(43-22-23)27(5)37-35(47-42)21-34-32-13-10-28-20-29(15-17-40(28,6)33(32)16-18-41(34,37)7)45-38-26(4)31-11-8-24(2)30-12-9-25(3)44-39(46-38)36(30)31/h10,23-27,29-39H,8-9,11-22H2,1-7H3/t23?,24-,25+,26-,27+,29+,30?,31?,32?,33?,34?,35+,36?,37?,38?,39?,40+,41+,42+/m1/s1. The van der Waals surface area contributed by atoms with Crippen LogP contribution in [0, 0.1) is 75.9 Å². The lowest BCUT2D eigenvalue weighted by atomic mass is 9.47. The maximum Gasteiger partial charge on any atom is 0.171 e. The van der Waals surface area contributed by atoms with Gasteiger partial charge in [-0.15, -0.1) is 0 Å². The molecule has 4 aliphatic heterocycles. The van der Waals surface area contributed by atoms with Gasteiger partial charge in [0.05, 0.1) is 24.9 Å². The number of hydrogen-bond acceptors (Lipinski definition) is 5. The van der Waals surface area contributed by atoms with E-state index in [-0.39, 0.29) is 30.6 Å². The number of hydrogen-bond donors (Lipinski definition) is 0. The molecule has 0 aromatic rings. The molecule has 9 aliphatic rings. The molecule has 47 heavy (non-hydrogen) atoms. The van der Waals surface area contributed by atoms with E-state index in [4.69, 9.17) is 23.7 Å². The summed E-state index contributed by atoms with van der Waals surface area (Å²) < 4.78 is 34.1. The van der Waals surface area contributed by atoms with Crippen molar-refractivity contribution in [3.05, 3.63) is 11.6 Å². The summed E-state index contributed by atoms with van der Waals surface area (Å²) in [5, 5.41) is 0. The van der Waals surface area contributed by atoms with Crippen LogP contribution in [0.4, 0.5) is 0 Å². The topological polar surface area (TPSA) is 46.2 Å². The Morgan fingerprint density at radius 2 is 1.64 bits per heavy atom. The fourth-order valence-electron chi connectivity index (χ4n) is 14.6. The van der Waals surface area contributed by atoms with Gasteiger partial charge in [-0.1, -0.05) is 59.6 Å². The highest BCUT2D eigenvalue weighted by atomic mass is 16.8. The molecule has 5 nitrogen and oxygen atoms in total. The van der Waals surface area contributed by atoms with E-state index < -0.39 is 0 Å². The third-order valence-corrected chi connectivity index (χ3v) is 17.3. The highest BCUT2D eigenvalue weighted by Gasteiger charge is 2.68. The first-order valence-corrected chi connectivity index (χ1v) is 20.5. The van der Waals surface area contributed by atoms with E-state index in [0.717, 1.165) is 61.9 Å². The zero-order valence-electron chi connectivity index (χ0n) is 30.8. The van der Waals surface area contributed by atoms with E-state index in [1.54, 1.807) is 5.57 Å². The summed E-state index contributed by atoms with van der Waals surface area (Å²) in [6.45, 7) is 18.1. The van der Waals surface area contributed by atoms with Crippen molar-refractivity contribution in [2.75, 3.05) is 6.61 Å². The van der Waals surface area contributed by atoms with Gasteiger partial charge in [0.1, 0.15) is 0 Å². The maximum absolute atomic E-state index is 7.06. The molecule has 0 amide bonds. The van der Waals surface area contributed by atoms with Crippen molar-refractivity contribution >= 4 is 0 Å². The minimum absolute atomic E-state index is 0.0905. The van der Waals surface area contributed by atoms with E-state index in [2.05, 4.69) is 54.5 Å². The summed E-state index contributed by atoms with van der Waals surface area (Å²) in [4.78, 5) is 0. The van der Waals surface area contributed by atoms with Crippen LogP contribution in [0.3, 0.4) is 0 Å². The molecule has 5 aliphatic carbocycles. The number of allylic oxidation sites excluding steroid dienone is 1. The number of ether oxygens (including phenoxy) is 5. The fourth-order valence-corrected chi connectivity index (χ4v) is 14.6. The van der Waals surface area contributed by atoms with E-state index in [1.165, 1.54) is 57.8 Å². The lowest BCUT2D eigenvalue weighted by Gasteiger charge is -2.59. The summed E-state index contributed by atoms with van der Waals surface area (Å²) >= 11 is 0. The van der Waals surface area contributed by atoms with Crippen molar-refractivity contribution in [1.82, 2.24) is 0 Å². The second kappa shape index (κ2) is 11.5. The average Bonchev–Trinajstić information content (AvgIpc) is 3.41. The SMILES string of the molecule is CC1CC[C@]2(OC1)O[C@H]1CC3C4CC=C5C[C@@H](OC6OC7O[C@@H](C)CCC8C7C(CC[C@H]8C)[C@H]6C)CC[C@]5(C)C4CC[C@]3(C)C1[C@@H]2C. The first-order chi connectivity index (χ1) is 22.5. The van der Waals surface area contributed by atoms with Crippen molar-refractivity contribution in [2.24, 2.45) is 75.9 Å². The summed E-state index contributed by atoms with van der Waals surface area (Å²) in [7, 11) is 0. The average molecular weight is 651 g/mol. The smallest absolute Gasteiger partial charge is 0.171 e. The van der Waals surface area contributed by atoms with Gasteiger partial charge in [0.15, 0.2) is 18.4 Å². The Hall–Kier alpha value is -0.460. The van der Waals surface area contributed by atoms with Crippen LogP contribution < -0.4 is 0 Å². The van der Waals surface area contributed by atoms with Gasteiger partial charge in [0.25, 0.3) is 0 Å². The van der Waals surface area contributed by atoms with Gasteiger partial charge in [-0.2, -0.15) is 0 Å². The lowest BCUT2D eigenvalue weighted by molar-refractivity contribution is -0.343. The van der Waals surface area contributed by atoms with Crippen LogP contribution in [0.15, 0.2) is 11.6 Å². The molecule has 1 spiro atoms. The van der Waals surface area contributed by atoms with Gasteiger partial charge in [-0.3, -0.25) is 0 Å². The molecule has 0 radical (unpaired) electrons. The van der Waals surface area contributed by atoms with Gasteiger partial charge in [0.2, 0.25) is 0 Å². The number of fused-ring (bicyclic) bond motifs is 7. The predicted octanol–water partition coefficient (Wildman–Crippen LogP) is 9.53. The summed E-state index contributed by atoms with van der Waals surface area (Å²) in [5.41, 5.74) is 2.40. The highest BCUT2D eigenvalue weighted by molar-refractivity contribution is 5.26. The molecule has 4 saturated heterocycles. The largest absolute Gasteiger partial charge is 0.349 e. The van der Waals surface area contributed by atoms with Gasteiger partial charge in [-0.25, -0.2) is 0 Å². The molecule has 4 heterocycles. The molecule has 264 valence electrons. The van der Waals surface area contributed by atoms with Crippen LogP contribution in [-0.2, 0) is 23.7 Å². The normalized spacial score (nSPS) is 60.0. The lowest BCUT2D eigenvalue weighted by Crippen LogP contribution is -2.55. The molecule has 0 N–H and O–H groups in total. The summed E-state index contributed by atoms with van der Waals surface area (Å²) in [6, 6.07) is 0. The van der Waals surface area contributed by atoms with Crippen molar-refractivity contribution in [2.45, 2.75) is 169 Å². The molecule has 0 aromatic heterocycles. The van der Waals surface area contributed by atoms with Crippen LogP contribution >= 0.6 is 0 Å². The second-order valence-corrected chi connectivity index (χ2v) is 19.5. The zero-order chi connectivity index (χ0) is 32.5. The molecule has 10 unspecified atom stereocenters. The molecule has 19 atom stereocenters. The quantitative estimate of drug-likeness (QED) is 0.279. The summed E-state index contributed by atoms with van der Waals surface area (Å²) in [5.74, 6) is 7.00. The monoisotopic (exact) mass is 650 g/mol. The molecule has 4 saturated carbocycles. The Balaban J connectivity index is 0.892. The minimum Gasteiger partial charge on any atom is -0.349 e. The second-order valence-electron chi connectivity index (χ2n) is 19.5. The first kappa shape index (κ1) is 32.4. The summed E-state index contributed by atoms with van der Waals surface area (Å²) in [6.07, 6.45) is 19.6. The Morgan fingerprint density at radius 3 is 2.45 bits per heavy atom. The van der Waals surface area contributed by atoms with Crippen molar-refractivity contribution in [1.29, 1.82) is 0 Å². The third kappa shape index (κ3) is 4.84. The van der Waals surface area contributed by atoms with Crippen LogP contribution in [-0.4, -0.2) is 43.3 Å². The van der Waals surface area contributed by atoms with E-state index in [9.17, 15) is 0 Å². The van der Waals surface area contributed by atoms with Crippen LogP contribution in [0.5, 0.6) is 0 Å². The maximum atomic E-state index is 7.06. The highest BCUT2D eigenvalue weighted by Crippen LogP contribution is 2.71. The Bertz CT molecular complexity index is 1220. The van der Waals surface area contributed by atoms with Gasteiger partial charge >= 0.3 is 0 Å².